The monoisotopic (exact) mass is 677 g/mol. The van der Waals surface area contributed by atoms with Crippen molar-refractivity contribution in [3.63, 3.8) is 0 Å². The number of fused-ring (bicyclic) bond motifs is 1. The molecule has 11 nitrogen and oxygen atoms in total. The highest BCUT2D eigenvalue weighted by molar-refractivity contribution is 7.94. The zero-order valence-electron chi connectivity index (χ0n) is 26.4. The molecule has 248 valence electrons. The van der Waals surface area contributed by atoms with Crippen molar-refractivity contribution >= 4 is 50.2 Å². The fourth-order valence-corrected chi connectivity index (χ4v) is 7.46. The summed E-state index contributed by atoms with van der Waals surface area (Å²) in [5.41, 5.74) is 8.83. The van der Waals surface area contributed by atoms with Crippen molar-refractivity contribution in [1.29, 1.82) is 0 Å². The highest BCUT2D eigenvalue weighted by Gasteiger charge is 2.35. The number of nitrogens with two attached hydrogens (primary N) is 1. The Labute approximate surface area is 279 Å². The lowest BCUT2D eigenvalue weighted by Gasteiger charge is -2.38. The largest absolute Gasteiger partial charge is 0.486 e. The molecule has 0 radical (unpaired) electrons. The van der Waals surface area contributed by atoms with E-state index < -0.39 is 22.2 Å². The van der Waals surface area contributed by atoms with E-state index in [1.165, 1.54) is 6.07 Å². The van der Waals surface area contributed by atoms with Crippen molar-refractivity contribution in [2.75, 3.05) is 42.5 Å². The van der Waals surface area contributed by atoms with E-state index in [0.717, 1.165) is 16.9 Å². The zero-order chi connectivity index (χ0) is 33.7. The molecule has 13 heteroatoms. The summed E-state index contributed by atoms with van der Waals surface area (Å²) >= 11 is 1.09. The standard InChI is InChI=1S/C34H39N5O6S2/c1-22-18-39(23(2)21-40)34(42)26-8-6-11-29(37-47(43,44)31-12-7-17-46-31)32(26)45-30(22)20-38(3)19-24-13-15-25(16-14-24)33(41)36-28-10-5-4-9-27(28)35/h4-17,22-23,30,37,40H,18-21,35H2,1-3H3,(H,36,41)/t22-,23+,30-/m0/s1. The number of thiophene rings is 1. The van der Waals surface area contributed by atoms with Crippen LogP contribution in [0.15, 0.2) is 88.5 Å². The summed E-state index contributed by atoms with van der Waals surface area (Å²) in [5, 5.41) is 14.5. The Hall–Kier alpha value is -4.43. The van der Waals surface area contributed by atoms with Gasteiger partial charge in [-0.3, -0.25) is 19.2 Å². The maximum absolute atomic E-state index is 13.8. The average molecular weight is 678 g/mol. The molecule has 1 aliphatic heterocycles. The molecule has 0 aliphatic carbocycles. The predicted octanol–water partition coefficient (Wildman–Crippen LogP) is 4.74. The van der Waals surface area contributed by atoms with E-state index in [9.17, 15) is 23.1 Å². The third kappa shape index (κ3) is 7.93. The van der Waals surface area contributed by atoms with Crippen LogP contribution in [-0.2, 0) is 16.6 Å². The number of para-hydroxylation sites is 3. The third-order valence-corrected chi connectivity index (χ3v) is 10.8. The van der Waals surface area contributed by atoms with E-state index in [1.54, 1.807) is 77.9 Å². The number of nitrogens with zero attached hydrogens (tertiary/aromatic N) is 2. The Balaban J connectivity index is 1.36. The minimum absolute atomic E-state index is 0.139. The SMILES string of the molecule is C[C@H](CO)N1C[C@H](C)[C@H](CN(C)Cc2ccc(C(=O)Nc3ccccc3N)cc2)Oc2c(NS(=O)(=O)c3cccs3)cccc2C1=O. The first-order valence-corrected chi connectivity index (χ1v) is 17.5. The van der Waals surface area contributed by atoms with E-state index in [4.69, 9.17) is 10.5 Å². The van der Waals surface area contributed by atoms with E-state index in [-0.39, 0.29) is 45.5 Å². The van der Waals surface area contributed by atoms with Crippen molar-refractivity contribution in [2.24, 2.45) is 5.92 Å². The fourth-order valence-electron chi connectivity index (χ4n) is 5.40. The zero-order valence-corrected chi connectivity index (χ0v) is 28.1. The van der Waals surface area contributed by atoms with Crippen LogP contribution >= 0.6 is 11.3 Å². The fraction of sp³-hybridized carbons (Fsp3) is 0.294. The Morgan fingerprint density at radius 2 is 1.81 bits per heavy atom. The minimum Gasteiger partial charge on any atom is -0.486 e. The van der Waals surface area contributed by atoms with Gasteiger partial charge in [-0.15, -0.1) is 11.3 Å². The number of nitrogens with one attached hydrogen (secondary N) is 2. The van der Waals surface area contributed by atoms with Crippen LogP contribution in [0, 0.1) is 5.92 Å². The number of aliphatic hydroxyl groups is 1. The van der Waals surface area contributed by atoms with Crippen LogP contribution in [-0.4, -0.2) is 74.0 Å². The molecule has 3 atom stereocenters. The van der Waals surface area contributed by atoms with Crippen LogP contribution in [0.5, 0.6) is 5.75 Å². The Kier molecular flexibility index (Phi) is 10.5. The summed E-state index contributed by atoms with van der Waals surface area (Å²) in [5.74, 6) is -0.648. The molecule has 0 unspecified atom stereocenters. The summed E-state index contributed by atoms with van der Waals surface area (Å²) in [4.78, 5) is 30.2. The molecule has 2 amide bonds. The van der Waals surface area contributed by atoms with Gasteiger partial charge in [0.15, 0.2) is 5.75 Å². The number of amides is 2. The second-order valence-corrected chi connectivity index (χ2v) is 14.6. The lowest BCUT2D eigenvalue weighted by Crippen LogP contribution is -2.49. The van der Waals surface area contributed by atoms with Crippen LogP contribution < -0.4 is 20.5 Å². The van der Waals surface area contributed by atoms with Crippen molar-refractivity contribution in [2.45, 2.75) is 36.7 Å². The van der Waals surface area contributed by atoms with Gasteiger partial charge >= 0.3 is 0 Å². The van der Waals surface area contributed by atoms with Gasteiger partial charge in [0, 0.05) is 31.1 Å². The smallest absolute Gasteiger partial charge is 0.271 e. The molecule has 0 spiro atoms. The van der Waals surface area contributed by atoms with Gasteiger partial charge in [-0.2, -0.15) is 0 Å². The second-order valence-electron chi connectivity index (χ2n) is 11.8. The number of carbonyl (C=O) groups excluding carboxylic acids is 2. The number of sulfonamides is 1. The molecule has 0 saturated heterocycles. The highest BCUT2D eigenvalue weighted by Crippen LogP contribution is 2.36. The van der Waals surface area contributed by atoms with Crippen LogP contribution in [0.1, 0.15) is 40.1 Å². The van der Waals surface area contributed by atoms with E-state index >= 15 is 0 Å². The van der Waals surface area contributed by atoms with Gasteiger partial charge in [-0.05, 0) is 67.4 Å². The number of hydrogen-bond donors (Lipinski definition) is 4. The van der Waals surface area contributed by atoms with Crippen molar-refractivity contribution in [3.05, 3.63) is 101 Å². The van der Waals surface area contributed by atoms with Crippen molar-refractivity contribution < 1.29 is 27.9 Å². The Morgan fingerprint density at radius 3 is 2.49 bits per heavy atom. The van der Waals surface area contributed by atoms with Gasteiger partial charge in [0.1, 0.15) is 10.3 Å². The van der Waals surface area contributed by atoms with Gasteiger partial charge < -0.3 is 25.8 Å². The van der Waals surface area contributed by atoms with Gasteiger partial charge in [0.05, 0.1) is 35.3 Å². The molecule has 1 aliphatic rings. The Bertz CT molecular complexity index is 1810. The first-order chi connectivity index (χ1) is 22.5. The van der Waals surface area contributed by atoms with Gasteiger partial charge in [-0.25, -0.2) is 8.42 Å². The number of rotatable bonds is 11. The molecule has 0 saturated carbocycles. The van der Waals surface area contributed by atoms with E-state index in [0.29, 0.717) is 36.6 Å². The minimum atomic E-state index is -3.92. The number of benzene rings is 3. The van der Waals surface area contributed by atoms with Gasteiger partial charge in [-0.1, -0.05) is 43.3 Å². The molecule has 0 fully saturated rings. The second kappa shape index (κ2) is 14.6. The summed E-state index contributed by atoms with van der Waals surface area (Å²) in [6.07, 6.45) is -0.450. The summed E-state index contributed by atoms with van der Waals surface area (Å²) in [6, 6.07) is 21.9. The summed E-state index contributed by atoms with van der Waals surface area (Å²) < 4.78 is 35.7. The number of hydrogen-bond acceptors (Lipinski definition) is 9. The van der Waals surface area contributed by atoms with Crippen molar-refractivity contribution in [1.82, 2.24) is 9.80 Å². The third-order valence-electron chi connectivity index (χ3n) is 8.06. The number of likely N-dealkylation sites (N-methyl/N-ethyl adjacent to an activating group) is 1. The quantitative estimate of drug-likeness (QED) is 0.166. The van der Waals surface area contributed by atoms with Gasteiger partial charge in [0.25, 0.3) is 21.8 Å². The lowest BCUT2D eigenvalue weighted by molar-refractivity contribution is 0.0344. The molecular weight excluding hydrogens is 639 g/mol. The first kappa shape index (κ1) is 33.9. The maximum Gasteiger partial charge on any atom is 0.271 e. The molecule has 1 aromatic heterocycles. The number of ether oxygens (including phenoxy) is 1. The number of carbonyl (C=O) groups is 2. The first-order valence-electron chi connectivity index (χ1n) is 15.2. The normalized spacial score (nSPS) is 17.3. The summed E-state index contributed by atoms with van der Waals surface area (Å²) in [6.45, 7) is 4.83. The molecule has 3 aromatic carbocycles. The van der Waals surface area contributed by atoms with E-state index in [1.807, 2.05) is 26.1 Å². The van der Waals surface area contributed by atoms with Crippen LogP contribution in [0.2, 0.25) is 0 Å². The van der Waals surface area contributed by atoms with Crippen LogP contribution in [0.4, 0.5) is 17.1 Å². The number of aliphatic hydroxyl groups excluding tert-OH is 1. The molecule has 0 bridgehead atoms. The topological polar surface area (TPSA) is 154 Å². The highest BCUT2D eigenvalue weighted by atomic mass is 32.2. The lowest BCUT2D eigenvalue weighted by atomic mass is 9.99. The average Bonchev–Trinajstić information content (AvgIpc) is 3.61. The molecule has 5 N–H and O–H groups in total. The summed E-state index contributed by atoms with van der Waals surface area (Å²) in [7, 11) is -1.98. The number of nitrogen functional groups attached to an aromatic ring is 1. The molecule has 2 heterocycles. The molecule has 5 rings (SSSR count). The Morgan fingerprint density at radius 1 is 1.09 bits per heavy atom. The van der Waals surface area contributed by atoms with E-state index in [2.05, 4.69) is 14.9 Å². The molecule has 4 aromatic rings. The maximum atomic E-state index is 13.8. The van der Waals surface area contributed by atoms with Crippen LogP contribution in [0.3, 0.4) is 0 Å². The number of anilines is 3. The van der Waals surface area contributed by atoms with Crippen molar-refractivity contribution in [3.8, 4) is 5.75 Å². The van der Waals surface area contributed by atoms with Gasteiger partial charge in [0.2, 0.25) is 0 Å². The molecule has 47 heavy (non-hydrogen) atoms. The predicted molar refractivity (Wildman–Crippen MR) is 184 cm³/mol. The van der Waals surface area contributed by atoms with Crippen LogP contribution in [0.25, 0.3) is 0 Å². The molecular formula is C34H39N5O6S2.